The van der Waals surface area contributed by atoms with Crippen LogP contribution < -0.4 is 5.32 Å². The Hall–Kier alpha value is -0.550. The Morgan fingerprint density at radius 3 is 2.47 bits per heavy atom. The third-order valence-corrected chi connectivity index (χ3v) is 2.91. The lowest BCUT2D eigenvalue weighted by Crippen LogP contribution is -2.36. The first-order valence-electron chi connectivity index (χ1n) is 6.16. The summed E-state index contributed by atoms with van der Waals surface area (Å²) in [4.78, 5) is 0. The van der Waals surface area contributed by atoms with E-state index in [4.69, 9.17) is 5.26 Å². The molecule has 0 bridgehead atoms. The van der Waals surface area contributed by atoms with Crippen molar-refractivity contribution in [3.63, 3.8) is 0 Å². The molecule has 0 aliphatic rings. The van der Waals surface area contributed by atoms with Crippen molar-refractivity contribution in [3.05, 3.63) is 0 Å². The summed E-state index contributed by atoms with van der Waals surface area (Å²) in [6.45, 7) is 9.94. The Kier molecular flexibility index (Phi) is 7.42. The summed E-state index contributed by atoms with van der Waals surface area (Å²) in [5.74, 6) is 0. The van der Waals surface area contributed by atoms with Gasteiger partial charge in [-0.1, -0.05) is 34.1 Å². The van der Waals surface area contributed by atoms with E-state index < -0.39 is 0 Å². The number of nitriles is 1. The van der Waals surface area contributed by atoms with Gasteiger partial charge in [-0.3, -0.25) is 0 Å². The van der Waals surface area contributed by atoms with E-state index in [0.29, 0.717) is 12.5 Å². The highest BCUT2D eigenvalue weighted by molar-refractivity contribution is 4.80. The van der Waals surface area contributed by atoms with Crippen LogP contribution in [0.1, 0.15) is 59.8 Å². The SMILES string of the molecule is CCCC(CC)NCC(C)(C)CCC#N. The van der Waals surface area contributed by atoms with E-state index in [9.17, 15) is 0 Å². The van der Waals surface area contributed by atoms with E-state index in [0.717, 1.165) is 13.0 Å². The lowest BCUT2D eigenvalue weighted by atomic mass is 9.87. The Bertz CT molecular complexity index is 191. The molecule has 1 atom stereocenters. The highest BCUT2D eigenvalue weighted by atomic mass is 14.9. The first-order valence-corrected chi connectivity index (χ1v) is 6.16. The summed E-state index contributed by atoms with van der Waals surface area (Å²) < 4.78 is 0. The van der Waals surface area contributed by atoms with Gasteiger partial charge >= 0.3 is 0 Å². The Labute approximate surface area is 95.1 Å². The van der Waals surface area contributed by atoms with Crippen molar-refractivity contribution >= 4 is 0 Å². The van der Waals surface area contributed by atoms with E-state index in [2.05, 4.69) is 39.1 Å². The molecule has 88 valence electrons. The van der Waals surface area contributed by atoms with Gasteiger partial charge in [0.1, 0.15) is 0 Å². The first-order chi connectivity index (χ1) is 7.05. The van der Waals surface area contributed by atoms with Gasteiger partial charge in [-0.15, -0.1) is 0 Å². The molecule has 0 aromatic heterocycles. The number of nitrogens with zero attached hydrogens (tertiary/aromatic N) is 1. The molecule has 0 saturated heterocycles. The highest BCUT2D eigenvalue weighted by Crippen LogP contribution is 2.21. The molecule has 0 radical (unpaired) electrons. The van der Waals surface area contributed by atoms with Gasteiger partial charge in [-0.05, 0) is 24.7 Å². The third kappa shape index (κ3) is 7.39. The largest absolute Gasteiger partial charge is 0.313 e. The van der Waals surface area contributed by atoms with Gasteiger partial charge in [0.15, 0.2) is 0 Å². The van der Waals surface area contributed by atoms with Crippen LogP contribution in [-0.4, -0.2) is 12.6 Å². The van der Waals surface area contributed by atoms with Crippen molar-refractivity contribution in [1.82, 2.24) is 5.32 Å². The quantitative estimate of drug-likeness (QED) is 0.665. The molecular formula is C13H26N2. The fraction of sp³-hybridized carbons (Fsp3) is 0.923. The van der Waals surface area contributed by atoms with Crippen LogP contribution in [0.5, 0.6) is 0 Å². The second-order valence-electron chi connectivity index (χ2n) is 5.10. The topological polar surface area (TPSA) is 35.8 Å². The molecule has 0 aliphatic carbocycles. The maximum Gasteiger partial charge on any atom is 0.0621 e. The summed E-state index contributed by atoms with van der Waals surface area (Å²) in [6, 6.07) is 2.87. The summed E-state index contributed by atoms with van der Waals surface area (Å²) in [7, 11) is 0. The molecule has 15 heavy (non-hydrogen) atoms. The van der Waals surface area contributed by atoms with Crippen molar-refractivity contribution < 1.29 is 0 Å². The van der Waals surface area contributed by atoms with Crippen molar-refractivity contribution in [2.45, 2.75) is 65.8 Å². The lowest BCUT2D eigenvalue weighted by Gasteiger charge is -2.27. The molecule has 0 fully saturated rings. The molecule has 1 unspecified atom stereocenters. The zero-order valence-electron chi connectivity index (χ0n) is 10.8. The second-order valence-corrected chi connectivity index (χ2v) is 5.10. The van der Waals surface area contributed by atoms with Crippen molar-refractivity contribution in [3.8, 4) is 6.07 Å². The average Bonchev–Trinajstić information content (AvgIpc) is 2.21. The normalized spacial score (nSPS) is 13.5. The zero-order valence-corrected chi connectivity index (χ0v) is 10.8. The molecule has 1 N–H and O–H groups in total. The zero-order chi connectivity index (χ0) is 11.7. The minimum Gasteiger partial charge on any atom is -0.313 e. The maximum atomic E-state index is 8.57. The van der Waals surface area contributed by atoms with Crippen LogP contribution >= 0.6 is 0 Å². The van der Waals surface area contributed by atoms with E-state index in [-0.39, 0.29) is 5.41 Å². The Morgan fingerprint density at radius 1 is 1.33 bits per heavy atom. The van der Waals surface area contributed by atoms with Crippen LogP contribution in [0, 0.1) is 16.7 Å². The van der Waals surface area contributed by atoms with Gasteiger partial charge < -0.3 is 5.32 Å². The summed E-state index contributed by atoms with van der Waals surface area (Å²) in [5.41, 5.74) is 0.247. The minimum atomic E-state index is 0.247. The predicted molar refractivity (Wildman–Crippen MR) is 65.6 cm³/mol. The van der Waals surface area contributed by atoms with Gasteiger partial charge in [-0.25, -0.2) is 0 Å². The molecule has 2 heteroatoms. The lowest BCUT2D eigenvalue weighted by molar-refractivity contribution is 0.292. The van der Waals surface area contributed by atoms with Gasteiger partial charge in [0.05, 0.1) is 6.07 Å². The number of hydrogen-bond acceptors (Lipinski definition) is 2. The fourth-order valence-electron chi connectivity index (χ4n) is 1.70. The van der Waals surface area contributed by atoms with Crippen LogP contribution in [0.3, 0.4) is 0 Å². The van der Waals surface area contributed by atoms with Crippen LogP contribution in [0.25, 0.3) is 0 Å². The molecule has 0 saturated carbocycles. The van der Waals surface area contributed by atoms with E-state index in [1.54, 1.807) is 0 Å². The van der Waals surface area contributed by atoms with Gasteiger partial charge in [-0.2, -0.15) is 5.26 Å². The van der Waals surface area contributed by atoms with E-state index in [1.165, 1.54) is 19.3 Å². The van der Waals surface area contributed by atoms with Crippen molar-refractivity contribution in [2.75, 3.05) is 6.54 Å². The highest BCUT2D eigenvalue weighted by Gasteiger charge is 2.18. The molecule has 0 spiro atoms. The molecule has 0 aliphatic heterocycles. The predicted octanol–water partition coefficient (Wildman–Crippen LogP) is 3.48. The van der Waals surface area contributed by atoms with Crippen LogP contribution in [0.4, 0.5) is 0 Å². The van der Waals surface area contributed by atoms with E-state index in [1.807, 2.05) is 0 Å². The molecular weight excluding hydrogens is 184 g/mol. The fourth-order valence-corrected chi connectivity index (χ4v) is 1.70. The van der Waals surface area contributed by atoms with Crippen LogP contribution in [-0.2, 0) is 0 Å². The number of hydrogen-bond donors (Lipinski definition) is 1. The molecule has 0 aromatic rings. The monoisotopic (exact) mass is 210 g/mol. The van der Waals surface area contributed by atoms with Gasteiger partial charge in [0.25, 0.3) is 0 Å². The number of rotatable bonds is 8. The summed E-state index contributed by atoms with van der Waals surface area (Å²) in [5, 5.41) is 12.2. The molecule has 2 nitrogen and oxygen atoms in total. The van der Waals surface area contributed by atoms with E-state index >= 15 is 0 Å². The van der Waals surface area contributed by atoms with Crippen LogP contribution in [0.15, 0.2) is 0 Å². The average molecular weight is 210 g/mol. The molecule has 0 amide bonds. The van der Waals surface area contributed by atoms with Gasteiger partial charge in [0.2, 0.25) is 0 Å². The van der Waals surface area contributed by atoms with Crippen molar-refractivity contribution in [1.29, 1.82) is 5.26 Å². The molecule has 0 aromatic carbocycles. The van der Waals surface area contributed by atoms with Crippen molar-refractivity contribution in [2.24, 2.45) is 5.41 Å². The number of nitrogens with one attached hydrogen (secondary N) is 1. The molecule has 0 rings (SSSR count). The smallest absolute Gasteiger partial charge is 0.0621 e. The second kappa shape index (κ2) is 7.70. The Morgan fingerprint density at radius 2 is 2.00 bits per heavy atom. The maximum absolute atomic E-state index is 8.57. The summed E-state index contributed by atoms with van der Waals surface area (Å²) in [6.07, 6.45) is 5.34. The van der Waals surface area contributed by atoms with Gasteiger partial charge in [0, 0.05) is 19.0 Å². The molecule has 0 heterocycles. The summed E-state index contributed by atoms with van der Waals surface area (Å²) >= 11 is 0. The Balaban J connectivity index is 3.84. The first kappa shape index (κ1) is 14.5. The standard InChI is InChI=1S/C13H26N2/c1-5-8-12(6-2)15-11-13(3,4)9-7-10-14/h12,15H,5-9,11H2,1-4H3. The third-order valence-electron chi connectivity index (χ3n) is 2.91. The minimum absolute atomic E-state index is 0.247. The van der Waals surface area contributed by atoms with Crippen LogP contribution in [0.2, 0.25) is 0 Å².